The number of nitrogens with zero attached hydrogens (tertiary/aromatic N) is 3. The number of halogens is 1. The molecule has 0 aliphatic carbocycles. The number of carbonyl (C=O) groups excluding carboxylic acids is 1. The highest BCUT2D eigenvalue weighted by Crippen LogP contribution is 2.28. The fraction of sp³-hybridized carbons (Fsp3) is 0.357. The second kappa shape index (κ2) is 5.25. The zero-order valence-corrected chi connectivity index (χ0v) is 12.0. The molecule has 1 saturated heterocycles. The van der Waals surface area contributed by atoms with E-state index in [0.717, 1.165) is 53.4 Å². The molecule has 0 bridgehead atoms. The molecule has 0 spiro atoms. The number of hydrogen-bond donors (Lipinski definition) is 0. The van der Waals surface area contributed by atoms with Crippen molar-refractivity contribution in [3.8, 4) is 0 Å². The summed E-state index contributed by atoms with van der Waals surface area (Å²) >= 11 is 3.41. The summed E-state index contributed by atoms with van der Waals surface area (Å²) in [5.74, 6) is 0.132. The second-order valence-electron chi connectivity index (χ2n) is 4.84. The minimum absolute atomic E-state index is 0.132. The van der Waals surface area contributed by atoms with E-state index in [1.54, 1.807) is 12.4 Å². The van der Waals surface area contributed by atoms with Gasteiger partial charge in [0.2, 0.25) is 0 Å². The molecule has 98 valence electrons. The van der Waals surface area contributed by atoms with Crippen molar-refractivity contribution in [3.63, 3.8) is 0 Å². The minimum Gasteiger partial charge on any atom is -0.369 e. The van der Waals surface area contributed by atoms with Crippen LogP contribution in [0.3, 0.4) is 0 Å². The standard InChI is InChI=1S/C14H14BrN3O/c15-11-6-12-14(17-7-11)13(3-4-16-12)18-5-1-2-10(8-18)9-19/h3-4,6-7,9-10H,1-2,5,8H2. The highest BCUT2D eigenvalue weighted by molar-refractivity contribution is 9.10. The van der Waals surface area contributed by atoms with E-state index in [1.807, 2.05) is 12.1 Å². The van der Waals surface area contributed by atoms with E-state index < -0.39 is 0 Å². The summed E-state index contributed by atoms with van der Waals surface area (Å²) in [4.78, 5) is 22.0. The van der Waals surface area contributed by atoms with Crippen LogP contribution >= 0.6 is 15.9 Å². The summed E-state index contributed by atoms with van der Waals surface area (Å²) in [6, 6.07) is 3.95. The average molecular weight is 320 g/mol. The first-order chi connectivity index (χ1) is 9.28. The molecular weight excluding hydrogens is 306 g/mol. The summed E-state index contributed by atoms with van der Waals surface area (Å²) < 4.78 is 0.925. The number of fused-ring (bicyclic) bond motifs is 1. The molecule has 1 atom stereocenters. The number of hydrogen-bond acceptors (Lipinski definition) is 4. The van der Waals surface area contributed by atoms with Gasteiger partial charge >= 0.3 is 0 Å². The van der Waals surface area contributed by atoms with E-state index >= 15 is 0 Å². The Hall–Kier alpha value is -1.49. The van der Waals surface area contributed by atoms with E-state index in [0.29, 0.717) is 0 Å². The van der Waals surface area contributed by atoms with Gasteiger partial charge in [-0.15, -0.1) is 0 Å². The first kappa shape index (κ1) is 12.5. The van der Waals surface area contributed by atoms with Crippen LogP contribution in [-0.4, -0.2) is 29.3 Å². The lowest BCUT2D eigenvalue weighted by molar-refractivity contribution is -0.111. The number of rotatable bonds is 2. The van der Waals surface area contributed by atoms with E-state index in [-0.39, 0.29) is 5.92 Å². The molecule has 2 aromatic heterocycles. The predicted octanol–water partition coefficient (Wildman–Crippen LogP) is 2.81. The van der Waals surface area contributed by atoms with Gasteiger partial charge in [0.25, 0.3) is 0 Å². The van der Waals surface area contributed by atoms with E-state index in [1.165, 1.54) is 0 Å². The van der Waals surface area contributed by atoms with Gasteiger partial charge in [-0.3, -0.25) is 9.97 Å². The molecule has 2 aromatic rings. The van der Waals surface area contributed by atoms with Crippen LogP contribution in [0, 0.1) is 5.92 Å². The Balaban J connectivity index is 2.02. The molecule has 1 fully saturated rings. The fourth-order valence-corrected chi connectivity index (χ4v) is 2.91. The summed E-state index contributed by atoms with van der Waals surface area (Å²) in [7, 11) is 0. The van der Waals surface area contributed by atoms with Crippen LogP contribution in [0.25, 0.3) is 11.0 Å². The van der Waals surface area contributed by atoms with Gasteiger partial charge in [0.15, 0.2) is 0 Å². The van der Waals surface area contributed by atoms with Gasteiger partial charge in [0, 0.05) is 35.9 Å². The van der Waals surface area contributed by atoms with Crippen LogP contribution in [0.5, 0.6) is 0 Å². The normalized spacial score (nSPS) is 19.6. The minimum atomic E-state index is 0.132. The lowest BCUT2D eigenvalue weighted by atomic mass is 9.99. The maximum Gasteiger partial charge on any atom is 0.124 e. The van der Waals surface area contributed by atoms with Crippen molar-refractivity contribution in [1.29, 1.82) is 0 Å². The molecule has 1 aliphatic heterocycles. The number of aromatic nitrogens is 2. The molecule has 1 unspecified atom stereocenters. The van der Waals surface area contributed by atoms with Gasteiger partial charge in [-0.1, -0.05) is 0 Å². The van der Waals surface area contributed by atoms with Crippen LogP contribution in [0.1, 0.15) is 12.8 Å². The molecule has 0 radical (unpaired) electrons. The van der Waals surface area contributed by atoms with E-state index in [9.17, 15) is 4.79 Å². The molecule has 0 N–H and O–H groups in total. The van der Waals surface area contributed by atoms with Crippen molar-refractivity contribution >= 4 is 38.9 Å². The highest BCUT2D eigenvalue weighted by Gasteiger charge is 2.21. The monoisotopic (exact) mass is 319 g/mol. The maximum absolute atomic E-state index is 11.0. The highest BCUT2D eigenvalue weighted by atomic mass is 79.9. The van der Waals surface area contributed by atoms with Crippen molar-refractivity contribution in [2.75, 3.05) is 18.0 Å². The van der Waals surface area contributed by atoms with E-state index in [4.69, 9.17) is 0 Å². The smallest absolute Gasteiger partial charge is 0.124 e. The lowest BCUT2D eigenvalue weighted by Crippen LogP contribution is -2.36. The van der Waals surface area contributed by atoms with Crippen molar-refractivity contribution in [3.05, 3.63) is 29.0 Å². The Bertz CT molecular complexity index is 617. The van der Waals surface area contributed by atoms with Crippen LogP contribution in [0.15, 0.2) is 29.0 Å². The van der Waals surface area contributed by atoms with Crippen molar-refractivity contribution in [2.45, 2.75) is 12.8 Å². The summed E-state index contributed by atoms with van der Waals surface area (Å²) in [6.07, 6.45) is 6.69. The van der Waals surface area contributed by atoms with Crippen molar-refractivity contribution in [1.82, 2.24) is 9.97 Å². The third-order valence-corrected chi connectivity index (χ3v) is 3.95. The Morgan fingerprint density at radius 3 is 3.16 bits per heavy atom. The first-order valence-electron chi connectivity index (χ1n) is 6.38. The topological polar surface area (TPSA) is 46.1 Å². The number of aldehydes is 1. The maximum atomic E-state index is 11.0. The van der Waals surface area contributed by atoms with Crippen molar-refractivity contribution < 1.29 is 4.79 Å². The molecule has 3 rings (SSSR count). The molecule has 1 aliphatic rings. The Morgan fingerprint density at radius 1 is 1.42 bits per heavy atom. The largest absolute Gasteiger partial charge is 0.369 e. The fourth-order valence-electron chi connectivity index (χ4n) is 2.59. The molecule has 0 amide bonds. The summed E-state index contributed by atoms with van der Waals surface area (Å²) in [6.45, 7) is 1.75. The van der Waals surface area contributed by atoms with Crippen molar-refractivity contribution in [2.24, 2.45) is 5.92 Å². The number of piperidine rings is 1. The second-order valence-corrected chi connectivity index (χ2v) is 5.75. The molecule has 3 heterocycles. The molecule has 19 heavy (non-hydrogen) atoms. The van der Waals surface area contributed by atoms with Gasteiger partial charge in [-0.2, -0.15) is 0 Å². The van der Waals surface area contributed by atoms with Crippen LogP contribution < -0.4 is 4.90 Å². The average Bonchev–Trinajstić information content (AvgIpc) is 2.46. The summed E-state index contributed by atoms with van der Waals surface area (Å²) in [5, 5.41) is 0. The van der Waals surface area contributed by atoms with Gasteiger partial charge in [-0.25, -0.2) is 0 Å². The van der Waals surface area contributed by atoms with Gasteiger partial charge in [0.1, 0.15) is 11.8 Å². The Labute approximate surface area is 120 Å². The molecular formula is C14H14BrN3O. The number of anilines is 1. The van der Waals surface area contributed by atoms with E-state index in [2.05, 4.69) is 30.8 Å². The SMILES string of the molecule is O=CC1CCCN(c2ccnc3cc(Br)cnc23)C1. The number of pyridine rings is 2. The Morgan fingerprint density at radius 2 is 2.32 bits per heavy atom. The van der Waals surface area contributed by atoms with Crippen LogP contribution in [-0.2, 0) is 4.79 Å². The third-order valence-electron chi connectivity index (χ3n) is 3.51. The van der Waals surface area contributed by atoms with Gasteiger partial charge in [0.05, 0.1) is 11.2 Å². The predicted molar refractivity (Wildman–Crippen MR) is 78.2 cm³/mol. The van der Waals surface area contributed by atoms with Gasteiger partial charge < -0.3 is 9.69 Å². The summed E-state index contributed by atoms with van der Waals surface area (Å²) in [5.41, 5.74) is 2.85. The zero-order valence-electron chi connectivity index (χ0n) is 10.4. The quantitative estimate of drug-likeness (QED) is 0.798. The molecule has 4 nitrogen and oxygen atoms in total. The zero-order chi connectivity index (χ0) is 13.2. The Kier molecular flexibility index (Phi) is 3.46. The number of carbonyl (C=O) groups is 1. The lowest BCUT2D eigenvalue weighted by Gasteiger charge is -2.32. The first-order valence-corrected chi connectivity index (χ1v) is 7.18. The molecule has 0 saturated carbocycles. The molecule has 0 aromatic carbocycles. The third kappa shape index (κ3) is 2.47. The molecule has 5 heteroatoms. The van der Waals surface area contributed by atoms with Gasteiger partial charge in [-0.05, 0) is 40.9 Å². The van der Waals surface area contributed by atoms with Crippen LogP contribution in [0.2, 0.25) is 0 Å². The van der Waals surface area contributed by atoms with Crippen LogP contribution in [0.4, 0.5) is 5.69 Å².